The predicted octanol–water partition coefficient (Wildman–Crippen LogP) is 3.72. The molecule has 2 rings (SSSR count). The van der Waals surface area contributed by atoms with Gasteiger partial charge in [-0.1, -0.05) is 12.1 Å². The van der Waals surface area contributed by atoms with E-state index in [9.17, 15) is 14.7 Å². The fourth-order valence-corrected chi connectivity index (χ4v) is 2.97. The normalized spacial score (nSPS) is 16.2. The van der Waals surface area contributed by atoms with Crippen LogP contribution in [0.15, 0.2) is 24.3 Å². The maximum Gasteiger partial charge on any atom is 0.408 e. The number of anilines is 1. The second-order valence-electron chi connectivity index (χ2n) is 7.44. The summed E-state index contributed by atoms with van der Waals surface area (Å²) >= 11 is 0. The lowest BCUT2D eigenvalue weighted by Gasteiger charge is -2.30. The average molecular weight is 348 g/mol. The maximum absolute atomic E-state index is 12.1. The third kappa shape index (κ3) is 6.29. The molecule has 1 unspecified atom stereocenters. The Bertz CT molecular complexity index is 604. The third-order valence-electron chi connectivity index (χ3n) is 4.06. The summed E-state index contributed by atoms with van der Waals surface area (Å²) < 4.78 is 5.26. The molecule has 1 heterocycles. The minimum atomic E-state index is -0.968. The molecular weight excluding hydrogens is 320 g/mol. The molecule has 1 saturated heterocycles. The lowest BCUT2D eigenvalue weighted by Crippen LogP contribution is -2.36. The first-order valence-electron chi connectivity index (χ1n) is 8.81. The number of benzene rings is 1. The van der Waals surface area contributed by atoms with E-state index in [1.165, 1.54) is 19.3 Å². The number of alkyl carbamates (subject to hydrolysis) is 1. The van der Waals surface area contributed by atoms with Gasteiger partial charge in [-0.25, -0.2) is 4.79 Å². The number of aliphatic carboxylic acids is 1. The molecule has 1 aromatic carbocycles. The molecule has 0 spiro atoms. The zero-order valence-corrected chi connectivity index (χ0v) is 15.2. The van der Waals surface area contributed by atoms with E-state index < -0.39 is 23.7 Å². The highest BCUT2D eigenvalue weighted by Crippen LogP contribution is 2.25. The Morgan fingerprint density at radius 1 is 1.24 bits per heavy atom. The minimum Gasteiger partial charge on any atom is -0.481 e. The van der Waals surface area contributed by atoms with Crippen LogP contribution in [0.2, 0.25) is 0 Å². The molecule has 1 aromatic rings. The monoisotopic (exact) mass is 348 g/mol. The Balaban J connectivity index is 2.16. The first-order chi connectivity index (χ1) is 11.7. The van der Waals surface area contributed by atoms with Crippen LogP contribution in [0.5, 0.6) is 0 Å². The number of carboxylic acid groups (broad SMARTS) is 1. The maximum atomic E-state index is 12.1. The Labute approximate surface area is 149 Å². The molecule has 0 aromatic heterocycles. The largest absolute Gasteiger partial charge is 0.481 e. The second-order valence-corrected chi connectivity index (χ2v) is 7.44. The van der Waals surface area contributed by atoms with Crippen molar-refractivity contribution in [1.29, 1.82) is 0 Å². The minimum absolute atomic E-state index is 0.192. The van der Waals surface area contributed by atoms with Gasteiger partial charge in [-0.15, -0.1) is 0 Å². The van der Waals surface area contributed by atoms with E-state index >= 15 is 0 Å². The highest BCUT2D eigenvalue weighted by atomic mass is 16.6. The van der Waals surface area contributed by atoms with E-state index in [4.69, 9.17) is 4.74 Å². The molecule has 0 saturated carbocycles. The SMILES string of the molecule is CC(C)(C)OC(=O)NC(CC(=O)O)c1cccc(N2CCCCC2)c1. The molecule has 1 aliphatic rings. The number of nitrogens with zero attached hydrogens (tertiary/aromatic N) is 1. The van der Waals surface area contributed by atoms with Crippen LogP contribution in [-0.2, 0) is 9.53 Å². The number of hydrogen-bond acceptors (Lipinski definition) is 4. The smallest absolute Gasteiger partial charge is 0.408 e. The van der Waals surface area contributed by atoms with Gasteiger partial charge in [0.15, 0.2) is 0 Å². The number of hydrogen-bond donors (Lipinski definition) is 2. The Kier molecular flexibility index (Phi) is 6.28. The molecule has 1 atom stereocenters. The van der Waals surface area contributed by atoms with Crippen LogP contribution in [0, 0.1) is 0 Å². The van der Waals surface area contributed by atoms with Crippen molar-refractivity contribution in [1.82, 2.24) is 5.32 Å². The summed E-state index contributed by atoms with van der Waals surface area (Å²) in [6.07, 6.45) is 2.78. The van der Waals surface area contributed by atoms with Gasteiger partial charge in [0.25, 0.3) is 0 Å². The molecule has 1 amide bonds. The van der Waals surface area contributed by atoms with Crippen LogP contribution in [0.1, 0.15) is 58.1 Å². The zero-order chi connectivity index (χ0) is 18.4. The molecule has 6 heteroatoms. The van der Waals surface area contributed by atoms with Gasteiger partial charge < -0.3 is 20.1 Å². The van der Waals surface area contributed by atoms with Crippen molar-refractivity contribution in [2.45, 2.75) is 58.1 Å². The van der Waals surface area contributed by atoms with E-state index in [1.807, 2.05) is 24.3 Å². The molecule has 0 aliphatic carbocycles. The average Bonchev–Trinajstić information content (AvgIpc) is 2.53. The van der Waals surface area contributed by atoms with E-state index in [-0.39, 0.29) is 6.42 Å². The summed E-state index contributed by atoms with van der Waals surface area (Å²) in [6, 6.07) is 7.12. The molecule has 25 heavy (non-hydrogen) atoms. The summed E-state index contributed by atoms with van der Waals surface area (Å²) in [5.74, 6) is -0.968. The van der Waals surface area contributed by atoms with E-state index in [0.717, 1.165) is 24.3 Å². The van der Waals surface area contributed by atoms with Crippen LogP contribution in [-0.4, -0.2) is 35.9 Å². The number of amides is 1. The third-order valence-corrected chi connectivity index (χ3v) is 4.06. The molecule has 2 N–H and O–H groups in total. The standard InChI is InChI=1S/C19H28N2O4/c1-19(2,3)25-18(24)20-16(13-17(22)23)14-8-7-9-15(12-14)21-10-5-4-6-11-21/h7-9,12,16H,4-6,10-11,13H2,1-3H3,(H,20,24)(H,22,23). The summed E-state index contributed by atoms with van der Waals surface area (Å²) in [7, 11) is 0. The first-order valence-corrected chi connectivity index (χ1v) is 8.81. The van der Waals surface area contributed by atoms with Crippen molar-refractivity contribution in [3.63, 3.8) is 0 Å². The van der Waals surface area contributed by atoms with Gasteiger partial charge in [0.1, 0.15) is 5.60 Å². The number of carbonyl (C=O) groups excluding carboxylic acids is 1. The Morgan fingerprint density at radius 2 is 1.92 bits per heavy atom. The van der Waals surface area contributed by atoms with Crippen molar-refractivity contribution >= 4 is 17.7 Å². The quantitative estimate of drug-likeness (QED) is 0.848. The summed E-state index contributed by atoms with van der Waals surface area (Å²) in [4.78, 5) is 25.6. The van der Waals surface area contributed by atoms with E-state index in [0.29, 0.717) is 0 Å². The van der Waals surface area contributed by atoms with Crippen molar-refractivity contribution in [3.05, 3.63) is 29.8 Å². The predicted molar refractivity (Wildman–Crippen MR) is 96.9 cm³/mol. The van der Waals surface area contributed by atoms with Gasteiger partial charge in [0.05, 0.1) is 12.5 Å². The Hall–Kier alpha value is -2.24. The fourth-order valence-electron chi connectivity index (χ4n) is 2.97. The van der Waals surface area contributed by atoms with Crippen LogP contribution >= 0.6 is 0 Å². The summed E-state index contributed by atoms with van der Waals surface area (Å²) in [5.41, 5.74) is 1.21. The first kappa shape index (κ1) is 19.1. The lowest BCUT2D eigenvalue weighted by atomic mass is 10.0. The fraction of sp³-hybridized carbons (Fsp3) is 0.579. The highest BCUT2D eigenvalue weighted by Gasteiger charge is 2.23. The molecule has 6 nitrogen and oxygen atoms in total. The second kappa shape index (κ2) is 8.23. The van der Waals surface area contributed by atoms with Crippen LogP contribution in [0.3, 0.4) is 0 Å². The van der Waals surface area contributed by atoms with Gasteiger partial charge in [0.2, 0.25) is 0 Å². The van der Waals surface area contributed by atoms with Gasteiger partial charge >= 0.3 is 12.1 Å². The van der Waals surface area contributed by atoms with Crippen LogP contribution in [0.4, 0.5) is 10.5 Å². The molecule has 0 bridgehead atoms. The Morgan fingerprint density at radius 3 is 2.52 bits per heavy atom. The van der Waals surface area contributed by atoms with Crippen molar-refractivity contribution in [3.8, 4) is 0 Å². The van der Waals surface area contributed by atoms with Crippen molar-refractivity contribution in [2.75, 3.05) is 18.0 Å². The number of nitrogens with one attached hydrogen (secondary N) is 1. The van der Waals surface area contributed by atoms with Crippen molar-refractivity contribution in [2.24, 2.45) is 0 Å². The van der Waals surface area contributed by atoms with Crippen LogP contribution in [0.25, 0.3) is 0 Å². The van der Waals surface area contributed by atoms with E-state index in [1.54, 1.807) is 20.8 Å². The lowest BCUT2D eigenvalue weighted by molar-refractivity contribution is -0.137. The zero-order valence-electron chi connectivity index (χ0n) is 15.2. The van der Waals surface area contributed by atoms with Gasteiger partial charge in [-0.2, -0.15) is 0 Å². The van der Waals surface area contributed by atoms with E-state index in [2.05, 4.69) is 10.2 Å². The van der Waals surface area contributed by atoms with Gasteiger partial charge in [-0.05, 0) is 57.7 Å². The molecule has 1 fully saturated rings. The summed E-state index contributed by atoms with van der Waals surface area (Å²) in [5, 5.41) is 11.9. The number of carbonyl (C=O) groups is 2. The molecule has 138 valence electrons. The van der Waals surface area contributed by atoms with Crippen molar-refractivity contribution < 1.29 is 19.4 Å². The number of rotatable bonds is 5. The number of ether oxygens (including phenoxy) is 1. The topological polar surface area (TPSA) is 78.9 Å². The van der Waals surface area contributed by atoms with Gasteiger partial charge in [-0.3, -0.25) is 4.79 Å². The molecule has 0 radical (unpaired) electrons. The van der Waals surface area contributed by atoms with Gasteiger partial charge in [0, 0.05) is 18.8 Å². The number of carboxylic acids is 1. The van der Waals surface area contributed by atoms with Crippen LogP contribution < -0.4 is 10.2 Å². The molecular formula is C19H28N2O4. The highest BCUT2D eigenvalue weighted by molar-refractivity contribution is 5.72. The molecule has 1 aliphatic heterocycles. The summed E-state index contributed by atoms with van der Waals surface area (Å²) in [6.45, 7) is 7.33. The number of piperidine rings is 1.